The van der Waals surface area contributed by atoms with E-state index in [0.717, 1.165) is 34.4 Å². The number of amides is 3. The van der Waals surface area contributed by atoms with Gasteiger partial charge in [-0.05, 0) is 59.9 Å². The summed E-state index contributed by atoms with van der Waals surface area (Å²) in [6, 6.07) is 17.2. The first-order valence-electron chi connectivity index (χ1n) is 15.5. The molecular weight excluding hydrogens is 663 g/mol. The van der Waals surface area contributed by atoms with Crippen molar-refractivity contribution in [3.05, 3.63) is 89.7 Å². The Balaban J connectivity index is 1.28. The molecule has 0 saturated carbocycles. The molecule has 17 heteroatoms. The molecule has 0 unspecified atom stereocenters. The smallest absolute Gasteiger partial charge is 0.466 e. The first-order valence-corrected chi connectivity index (χ1v) is 15.5. The highest BCUT2D eigenvalue weighted by atomic mass is 19.4. The fourth-order valence-corrected chi connectivity index (χ4v) is 5.45. The maximum atomic E-state index is 13.6. The molecule has 0 spiro atoms. The van der Waals surface area contributed by atoms with Crippen LogP contribution in [0.25, 0.3) is 11.1 Å². The Kier molecular flexibility index (Phi) is 11.3. The van der Waals surface area contributed by atoms with Crippen molar-refractivity contribution in [2.75, 3.05) is 18.5 Å². The highest BCUT2D eigenvalue weighted by Crippen LogP contribution is 2.44. The van der Waals surface area contributed by atoms with Gasteiger partial charge in [-0.3, -0.25) is 14.4 Å². The molecule has 1 aromatic heterocycles. The van der Waals surface area contributed by atoms with Crippen molar-refractivity contribution in [2.24, 2.45) is 0 Å². The van der Waals surface area contributed by atoms with Gasteiger partial charge in [0.15, 0.2) is 5.82 Å². The Morgan fingerprint density at radius 1 is 0.860 bits per heavy atom. The van der Waals surface area contributed by atoms with Gasteiger partial charge in [-0.1, -0.05) is 53.7 Å². The maximum absolute atomic E-state index is 13.6. The summed E-state index contributed by atoms with van der Waals surface area (Å²) in [5.74, 6) is -2.96. The summed E-state index contributed by atoms with van der Waals surface area (Å²) in [6.45, 7) is 1.66. The number of hydrogen-bond acceptors (Lipinski definition) is 10. The van der Waals surface area contributed by atoms with Crippen molar-refractivity contribution in [1.82, 2.24) is 31.3 Å². The number of alkyl carbamates (subject to hydrolysis) is 1. The minimum absolute atomic E-state index is 0.0339. The second-order valence-electron chi connectivity index (χ2n) is 11.0. The van der Waals surface area contributed by atoms with Gasteiger partial charge in [-0.15, -0.1) is 23.4 Å². The normalized spacial score (nSPS) is 13.3. The summed E-state index contributed by atoms with van der Waals surface area (Å²) >= 11 is 0. The van der Waals surface area contributed by atoms with Crippen LogP contribution in [0.2, 0.25) is 0 Å². The van der Waals surface area contributed by atoms with Gasteiger partial charge in [0.1, 0.15) is 24.4 Å². The molecule has 0 aliphatic heterocycles. The number of tetrazole rings is 1. The summed E-state index contributed by atoms with van der Waals surface area (Å²) in [6.07, 6.45) is -6.56. The van der Waals surface area contributed by atoms with E-state index < -0.39 is 48.1 Å². The van der Waals surface area contributed by atoms with Crippen LogP contribution in [0.1, 0.15) is 42.6 Å². The summed E-state index contributed by atoms with van der Waals surface area (Å²) in [4.78, 5) is 52.2. The van der Waals surface area contributed by atoms with Crippen LogP contribution in [0.4, 0.5) is 23.7 Å². The van der Waals surface area contributed by atoms with Gasteiger partial charge in [0.25, 0.3) is 0 Å². The number of rotatable bonds is 14. The van der Waals surface area contributed by atoms with Crippen LogP contribution in [0.15, 0.2) is 72.8 Å². The Morgan fingerprint density at radius 3 is 2.12 bits per heavy atom. The van der Waals surface area contributed by atoms with Gasteiger partial charge in [0.05, 0.1) is 6.61 Å². The predicted molar refractivity (Wildman–Crippen MR) is 169 cm³/mol. The predicted octanol–water partition coefficient (Wildman–Crippen LogP) is 4.01. The van der Waals surface area contributed by atoms with E-state index in [1.165, 1.54) is 12.1 Å². The number of alkyl halides is 3. The molecule has 0 bridgehead atoms. The number of carbonyl (C=O) groups excluding carboxylic acids is 4. The van der Waals surface area contributed by atoms with E-state index >= 15 is 0 Å². The lowest BCUT2D eigenvalue weighted by Crippen LogP contribution is -2.53. The number of fused-ring (bicyclic) bond motifs is 3. The number of H-pyrrole nitrogens is 1. The lowest BCUT2D eigenvalue weighted by atomic mass is 9.98. The third-order valence-electron chi connectivity index (χ3n) is 7.66. The van der Waals surface area contributed by atoms with Gasteiger partial charge in [0, 0.05) is 24.4 Å². The van der Waals surface area contributed by atoms with E-state index in [0.29, 0.717) is 0 Å². The molecule has 4 N–H and O–H groups in total. The minimum Gasteiger partial charge on any atom is -0.466 e. The van der Waals surface area contributed by atoms with E-state index in [9.17, 15) is 32.3 Å². The molecule has 4 aromatic rings. The molecule has 5 rings (SSSR count). The quantitative estimate of drug-likeness (QED) is 0.141. The van der Waals surface area contributed by atoms with Crippen molar-refractivity contribution in [1.29, 1.82) is 0 Å². The van der Waals surface area contributed by atoms with Gasteiger partial charge in [-0.25, -0.2) is 4.79 Å². The molecule has 1 aliphatic carbocycles. The number of hydrogen-bond donors (Lipinski definition) is 4. The number of anilines is 1. The summed E-state index contributed by atoms with van der Waals surface area (Å²) in [5, 5.41) is 21.0. The summed E-state index contributed by atoms with van der Waals surface area (Å²) in [7, 11) is 0. The molecule has 0 saturated heterocycles. The highest BCUT2D eigenvalue weighted by Gasteiger charge is 2.33. The lowest BCUT2D eigenvalue weighted by Gasteiger charge is -2.23. The van der Waals surface area contributed by atoms with Crippen LogP contribution in [0.5, 0.6) is 5.75 Å². The van der Waals surface area contributed by atoms with Crippen LogP contribution < -0.4 is 20.7 Å². The Morgan fingerprint density at radius 2 is 1.52 bits per heavy atom. The van der Waals surface area contributed by atoms with Crippen LogP contribution in [0.3, 0.4) is 0 Å². The Bertz CT molecular complexity index is 1760. The Hall–Kier alpha value is -6.00. The van der Waals surface area contributed by atoms with Gasteiger partial charge in [-0.2, -0.15) is 5.21 Å². The first-order chi connectivity index (χ1) is 24.0. The molecule has 1 aliphatic rings. The van der Waals surface area contributed by atoms with Crippen molar-refractivity contribution in [2.45, 2.75) is 50.6 Å². The van der Waals surface area contributed by atoms with Gasteiger partial charge in [0.2, 0.25) is 11.8 Å². The van der Waals surface area contributed by atoms with E-state index in [1.54, 1.807) is 6.92 Å². The largest absolute Gasteiger partial charge is 0.573 e. The van der Waals surface area contributed by atoms with Crippen molar-refractivity contribution < 1.29 is 46.6 Å². The SMILES string of the molecule is CCOC(=O)CC[C@H](NC(=O)[C@H](Cc1nn[nH]n1)NC(=O)OCC1c2ccccc2-c2ccccc21)C(=O)Nc1ccc(OC(F)(F)F)cc1. The first kappa shape index (κ1) is 35.3. The van der Waals surface area contributed by atoms with E-state index in [-0.39, 0.29) is 49.9 Å². The molecule has 1 heterocycles. The van der Waals surface area contributed by atoms with Crippen LogP contribution in [-0.4, -0.2) is 76.2 Å². The van der Waals surface area contributed by atoms with Crippen LogP contribution in [0, 0.1) is 0 Å². The average molecular weight is 696 g/mol. The van der Waals surface area contributed by atoms with Gasteiger partial charge < -0.3 is 30.2 Å². The molecule has 262 valence electrons. The third kappa shape index (κ3) is 9.33. The second-order valence-corrected chi connectivity index (χ2v) is 11.0. The number of carbonyl (C=O) groups is 4. The van der Waals surface area contributed by atoms with E-state index in [2.05, 4.69) is 41.3 Å². The zero-order valence-electron chi connectivity index (χ0n) is 26.5. The zero-order chi connectivity index (χ0) is 35.7. The molecule has 0 fully saturated rings. The number of esters is 1. The van der Waals surface area contributed by atoms with E-state index in [4.69, 9.17) is 9.47 Å². The number of nitrogens with one attached hydrogen (secondary N) is 4. The third-order valence-corrected chi connectivity index (χ3v) is 7.66. The fourth-order valence-electron chi connectivity index (χ4n) is 5.45. The van der Waals surface area contributed by atoms with Crippen LogP contribution >= 0.6 is 0 Å². The number of halogens is 3. The second kappa shape index (κ2) is 15.9. The molecule has 3 amide bonds. The fraction of sp³-hybridized carbons (Fsp3) is 0.303. The molecule has 3 aromatic carbocycles. The van der Waals surface area contributed by atoms with Crippen molar-refractivity contribution in [3.8, 4) is 16.9 Å². The number of benzene rings is 3. The monoisotopic (exact) mass is 695 g/mol. The van der Waals surface area contributed by atoms with Gasteiger partial charge >= 0.3 is 18.4 Å². The Labute approximate surface area is 283 Å². The molecule has 0 radical (unpaired) electrons. The maximum Gasteiger partial charge on any atom is 0.573 e. The number of nitrogens with zero attached hydrogens (tertiary/aromatic N) is 3. The standard InChI is InChI=1S/C33H32F3N7O7/c1-2-48-29(44)16-15-26(30(45)37-19-11-13-20(14-12-19)50-33(34,35)36)38-31(46)27(17-28-40-42-43-41-28)39-32(47)49-18-25-23-9-5-3-7-21(23)22-8-4-6-10-24(22)25/h3-14,25-27H,2,15-18H2,1H3,(H,37,45)(H,38,46)(H,39,47)(H,40,41,42,43)/t26-,27-/m0/s1. The number of aromatic nitrogens is 4. The number of ether oxygens (including phenoxy) is 3. The number of aromatic amines is 1. The van der Waals surface area contributed by atoms with E-state index in [1.807, 2.05) is 48.5 Å². The lowest BCUT2D eigenvalue weighted by molar-refractivity contribution is -0.274. The summed E-state index contributed by atoms with van der Waals surface area (Å²) < 4.78 is 52.0. The molecule has 2 atom stereocenters. The minimum atomic E-state index is -4.90. The zero-order valence-corrected chi connectivity index (χ0v) is 26.5. The topological polar surface area (TPSA) is 187 Å². The molecule has 50 heavy (non-hydrogen) atoms. The van der Waals surface area contributed by atoms with Crippen molar-refractivity contribution >= 4 is 29.6 Å². The molecule has 14 nitrogen and oxygen atoms in total. The van der Waals surface area contributed by atoms with Crippen molar-refractivity contribution in [3.63, 3.8) is 0 Å². The highest BCUT2D eigenvalue weighted by molar-refractivity contribution is 5.98. The summed E-state index contributed by atoms with van der Waals surface area (Å²) in [5.41, 5.74) is 4.12. The average Bonchev–Trinajstić information content (AvgIpc) is 3.71. The molecular formula is C33H32F3N7O7. The van der Waals surface area contributed by atoms with Crippen LogP contribution in [-0.2, 0) is 30.3 Å².